The molecule has 0 aliphatic carbocycles. The van der Waals surface area contributed by atoms with E-state index in [4.69, 9.17) is 0 Å². The van der Waals surface area contributed by atoms with Crippen molar-refractivity contribution in [2.45, 2.75) is 6.92 Å². The van der Waals surface area contributed by atoms with E-state index in [0.717, 1.165) is 4.47 Å². The first kappa shape index (κ1) is 17.9. The number of benzene rings is 3. The number of allylic oxidation sites excluding steroid dienone is 1. The highest BCUT2D eigenvalue weighted by atomic mass is 79.9. The molecule has 0 atom stereocenters. The minimum atomic E-state index is 1.14. The van der Waals surface area contributed by atoms with E-state index in [1.807, 2.05) is 28.7 Å². The lowest BCUT2D eigenvalue weighted by atomic mass is 9.98. The van der Waals surface area contributed by atoms with Crippen LogP contribution in [-0.2, 0) is 0 Å². The predicted molar refractivity (Wildman–Crippen MR) is 132 cm³/mol. The Morgan fingerprint density at radius 3 is 2.43 bits per heavy atom. The van der Waals surface area contributed by atoms with Crippen LogP contribution < -0.4 is 0 Å². The molecule has 0 radical (unpaired) electrons. The smallest absolute Gasteiger partial charge is 0.0497 e. The second-order valence-electron chi connectivity index (χ2n) is 6.65. The molecule has 5 aromatic rings. The lowest BCUT2D eigenvalue weighted by molar-refractivity contribution is 1.64. The number of hydrogen-bond acceptors (Lipinski definition) is 2. The van der Waals surface area contributed by atoms with Gasteiger partial charge in [0.2, 0.25) is 0 Å². The largest absolute Gasteiger partial charge is 0.135 e. The fourth-order valence-electron chi connectivity index (χ4n) is 3.87. The van der Waals surface area contributed by atoms with Crippen molar-refractivity contribution in [3.63, 3.8) is 0 Å². The Labute approximate surface area is 180 Å². The number of fused-ring (bicyclic) bond motifs is 4. The average molecular weight is 461 g/mol. The quantitative estimate of drug-likeness (QED) is 0.251. The van der Waals surface area contributed by atoms with Crippen LogP contribution in [0.25, 0.3) is 41.9 Å². The van der Waals surface area contributed by atoms with Crippen LogP contribution in [0.4, 0.5) is 0 Å². The van der Waals surface area contributed by atoms with Gasteiger partial charge < -0.3 is 0 Å². The Bertz CT molecular complexity index is 1400. The Morgan fingerprint density at radius 1 is 0.857 bits per heavy atom. The van der Waals surface area contributed by atoms with Crippen molar-refractivity contribution in [3.05, 3.63) is 93.8 Å². The third-order valence-electron chi connectivity index (χ3n) is 5.14. The summed E-state index contributed by atoms with van der Waals surface area (Å²) >= 11 is 7.44. The van der Waals surface area contributed by atoms with E-state index < -0.39 is 0 Å². The van der Waals surface area contributed by atoms with E-state index in [1.54, 1.807) is 0 Å². The number of thiophene rings is 2. The van der Waals surface area contributed by atoms with Gasteiger partial charge in [0.05, 0.1) is 0 Å². The van der Waals surface area contributed by atoms with Gasteiger partial charge in [-0.2, -0.15) is 0 Å². The van der Waals surface area contributed by atoms with Crippen LogP contribution in [0.5, 0.6) is 0 Å². The van der Waals surface area contributed by atoms with Crippen LogP contribution in [0, 0.1) is 0 Å². The molecule has 0 bridgehead atoms. The van der Waals surface area contributed by atoms with Gasteiger partial charge in [0.1, 0.15) is 0 Å². The highest BCUT2D eigenvalue weighted by Gasteiger charge is 2.18. The van der Waals surface area contributed by atoms with Crippen molar-refractivity contribution in [2.75, 3.05) is 0 Å². The van der Waals surface area contributed by atoms with Gasteiger partial charge in [0.25, 0.3) is 0 Å². The molecule has 0 saturated heterocycles. The molecule has 0 nitrogen and oxygen atoms in total. The second kappa shape index (κ2) is 7.00. The molecule has 136 valence electrons. The number of hydrogen-bond donors (Lipinski definition) is 0. The van der Waals surface area contributed by atoms with Gasteiger partial charge in [-0.1, -0.05) is 67.3 Å². The van der Waals surface area contributed by atoms with Crippen LogP contribution >= 0.6 is 38.6 Å². The molecule has 2 heterocycles. The first-order chi connectivity index (χ1) is 13.7. The van der Waals surface area contributed by atoms with Crippen molar-refractivity contribution in [3.8, 4) is 0 Å². The van der Waals surface area contributed by atoms with Gasteiger partial charge in [-0.3, -0.25) is 0 Å². The summed E-state index contributed by atoms with van der Waals surface area (Å²) in [5.41, 5.74) is 3.79. The van der Waals surface area contributed by atoms with Crippen LogP contribution in [0.15, 0.2) is 77.8 Å². The van der Waals surface area contributed by atoms with E-state index in [-0.39, 0.29) is 0 Å². The van der Waals surface area contributed by atoms with Gasteiger partial charge in [0, 0.05) is 50.7 Å². The fourth-order valence-corrected chi connectivity index (χ4v) is 7.01. The molecule has 0 spiro atoms. The molecule has 0 N–H and O–H groups in total. The standard InChI is InChI=1S/C25H17BrS2/c1-3-15(23-16(4-2)19-12-8-13-21(26)25(19)28-23)18-10-7-11-20-17-9-5-6-14-22(17)27-24(18)20/h3-14H,2H2,1H3/b15-3-. The molecule has 5 rings (SSSR count). The van der Waals surface area contributed by atoms with Crippen LogP contribution in [0.2, 0.25) is 0 Å². The molecule has 0 saturated carbocycles. The minimum absolute atomic E-state index is 1.14. The zero-order valence-electron chi connectivity index (χ0n) is 15.3. The third kappa shape index (κ3) is 2.61. The number of halogens is 1. The molecular weight excluding hydrogens is 444 g/mol. The molecule has 3 heteroatoms. The van der Waals surface area contributed by atoms with Crippen LogP contribution in [0.3, 0.4) is 0 Å². The Kier molecular flexibility index (Phi) is 4.47. The molecule has 0 fully saturated rings. The van der Waals surface area contributed by atoms with E-state index in [9.17, 15) is 0 Å². The van der Waals surface area contributed by atoms with Crippen molar-refractivity contribution in [1.82, 2.24) is 0 Å². The topological polar surface area (TPSA) is 0 Å². The first-order valence-electron chi connectivity index (χ1n) is 9.13. The summed E-state index contributed by atoms with van der Waals surface area (Å²) in [6.07, 6.45) is 4.24. The molecule has 28 heavy (non-hydrogen) atoms. The molecule has 0 unspecified atom stereocenters. The molecule has 0 amide bonds. The summed E-state index contributed by atoms with van der Waals surface area (Å²) in [4.78, 5) is 1.28. The lowest BCUT2D eigenvalue weighted by Crippen LogP contribution is -1.87. The maximum absolute atomic E-state index is 4.12. The maximum Gasteiger partial charge on any atom is 0.0497 e. The van der Waals surface area contributed by atoms with Gasteiger partial charge in [-0.05, 0) is 40.6 Å². The summed E-state index contributed by atoms with van der Waals surface area (Å²) in [6.45, 7) is 6.25. The van der Waals surface area contributed by atoms with E-state index in [1.165, 1.54) is 51.8 Å². The minimum Gasteiger partial charge on any atom is -0.135 e. The molecule has 2 aromatic heterocycles. The summed E-state index contributed by atoms with van der Waals surface area (Å²) in [5, 5.41) is 3.93. The monoisotopic (exact) mass is 460 g/mol. The van der Waals surface area contributed by atoms with Crippen LogP contribution in [0.1, 0.15) is 22.9 Å². The summed E-state index contributed by atoms with van der Waals surface area (Å²) in [7, 11) is 0. The normalized spacial score (nSPS) is 12.3. The van der Waals surface area contributed by atoms with Gasteiger partial charge in [-0.15, -0.1) is 22.7 Å². The summed E-state index contributed by atoms with van der Waals surface area (Å²) < 4.78 is 5.10. The van der Waals surface area contributed by atoms with Gasteiger partial charge >= 0.3 is 0 Å². The van der Waals surface area contributed by atoms with E-state index in [0.29, 0.717) is 0 Å². The molecule has 3 aromatic carbocycles. The third-order valence-corrected chi connectivity index (χ3v) is 8.57. The van der Waals surface area contributed by atoms with Crippen molar-refractivity contribution < 1.29 is 0 Å². The zero-order valence-corrected chi connectivity index (χ0v) is 18.5. The molecule has 0 aliphatic heterocycles. The SMILES string of the molecule is C=Cc1c(/C(=C\C)c2cccc3c2sc2ccccc23)sc2c(Br)cccc12. The van der Waals surface area contributed by atoms with Crippen molar-refractivity contribution >= 4 is 80.5 Å². The second-order valence-corrected chi connectivity index (χ2v) is 9.58. The van der Waals surface area contributed by atoms with Crippen molar-refractivity contribution in [2.24, 2.45) is 0 Å². The Balaban J connectivity index is 1.83. The molecular formula is C25H17BrS2. The summed E-state index contributed by atoms with van der Waals surface area (Å²) in [6, 6.07) is 21.7. The Morgan fingerprint density at radius 2 is 1.61 bits per heavy atom. The highest BCUT2D eigenvalue weighted by molar-refractivity contribution is 9.10. The van der Waals surface area contributed by atoms with E-state index in [2.05, 4.69) is 96.2 Å². The predicted octanol–water partition coefficient (Wildman–Crippen LogP) is 9.13. The van der Waals surface area contributed by atoms with E-state index >= 15 is 0 Å². The van der Waals surface area contributed by atoms with Gasteiger partial charge in [-0.25, -0.2) is 0 Å². The lowest BCUT2D eigenvalue weighted by Gasteiger charge is -2.09. The summed E-state index contributed by atoms with van der Waals surface area (Å²) in [5.74, 6) is 0. The fraction of sp³-hybridized carbons (Fsp3) is 0.0400. The van der Waals surface area contributed by atoms with Crippen LogP contribution in [-0.4, -0.2) is 0 Å². The average Bonchev–Trinajstić information content (AvgIpc) is 3.28. The highest BCUT2D eigenvalue weighted by Crippen LogP contribution is 2.45. The van der Waals surface area contributed by atoms with Gasteiger partial charge in [0.15, 0.2) is 0 Å². The van der Waals surface area contributed by atoms with Crippen molar-refractivity contribution in [1.29, 1.82) is 0 Å². The number of rotatable bonds is 3. The Hall–Kier alpha value is -2.20. The molecule has 0 aliphatic rings. The zero-order chi connectivity index (χ0) is 19.3. The first-order valence-corrected chi connectivity index (χ1v) is 11.6. The maximum atomic E-state index is 4.12.